The van der Waals surface area contributed by atoms with Gasteiger partial charge in [-0.3, -0.25) is 0 Å². The fraction of sp³-hybridized carbons (Fsp3) is 0. The Morgan fingerprint density at radius 1 is 0.186 bits per heavy atom. The maximum Gasteiger partial charge on any atom is 0.167 e. The summed E-state index contributed by atoms with van der Waals surface area (Å²) in [5, 5.41) is 13.1. The highest BCUT2D eigenvalue weighted by Crippen LogP contribution is 2.50. The number of benzene rings is 14. The van der Waals surface area contributed by atoms with Crippen molar-refractivity contribution in [2.24, 2.45) is 0 Å². The van der Waals surface area contributed by atoms with Crippen molar-refractivity contribution < 1.29 is 13.3 Å². The van der Waals surface area contributed by atoms with Crippen molar-refractivity contribution in [3.63, 3.8) is 0 Å². The van der Waals surface area contributed by atoms with Crippen molar-refractivity contribution in [2.75, 3.05) is 0 Å². The van der Waals surface area contributed by atoms with Gasteiger partial charge in [-0.25, -0.2) is 29.9 Å². The van der Waals surface area contributed by atoms with Crippen LogP contribution in [0.1, 0.15) is 0 Å². The van der Waals surface area contributed by atoms with Gasteiger partial charge in [0.05, 0.1) is 11.1 Å². The number of aromatic nitrogens is 6. The molecular formula is C90H48N6O3S3. The molecule has 0 amide bonds. The van der Waals surface area contributed by atoms with E-state index in [0.717, 1.165) is 131 Å². The van der Waals surface area contributed by atoms with Crippen LogP contribution in [-0.2, 0) is 0 Å². The molecular weight excluding hydrogens is 1310 g/mol. The van der Waals surface area contributed by atoms with E-state index >= 15 is 0 Å². The average molecular weight is 1360 g/mol. The fourth-order valence-corrected chi connectivity index (χ4v) is 19.1. The Bertz CT molecular complexity index is 7280. The minimum atomic E-state index is 0.481. The first kappa shape index (κ1) is 57.1. The van der Waals surface area contributed by atoms with Crippen molar-refractivity contribution in [1.82, 2.24) is 29.9 Å². The largest absolute Gasteiger partial charge is 0.456 e. The Labute approximate surface area is 592 Å². The number of hydrogen-bond donors (Lipinski definition) is 0. The summed E-state index contributed by atoms with van der Waals surface area (Å²) in [7, 11) is 0. The van der Waals surface area contributed by atoms with Gasteiger partial charge >= 0.3 is 0 Å². The molecule has 0 radical (unpaired) electrons. The summed E-state index contributed by atoms with van der Waals surface area (Å²) in [6.45, 7) is 0. The molecule has 8 heterocycles. The van der Waals surface area contributed by atoms with Gasteiger partial charge in [0.1, 0.15) is 33.5 Å². The number of para-hydroxylation sites is 4. The Morgan fingerprint density at radius 2 is 0.549 bits per heavy atom. The summed E-state index contributed by atoms with van der Waals surface area (Å²) >= 11 is 5.38. The number of rotatable bonds is 9. The third kappa shape index (κ3) is 8.74. The first-order valence-corrected chi connectivity index (χ1v) is 36.2. The summed E-state index contributed by atoms with van der Waals surface area (Å²) in [6, 6.07) is 102. The third-order valence-electron chi connectivity index (χ3n) is 20.1. The normalized spacial score (nSPS) is 12.1. The van der Waals surface area contributed by atoms with Gasteiger partial charge in [0.15, 0.2) is 34.9 Å². The molecule has 0 saturated carbocycles. The van der Waals surface area contributed by atoms with Gasteiger partial charge in [0, 0.05) is 137 Å². The Balaban J connectivity index is 0.730. The van der Waals surface area contributed by atoms with Gasteiger partial charge in [-0.2, -0.15) is 0 Å². The van der Waals surface area contributed by atoms with E-state index in [1.165, 1.54) is 50.4 Å². The summed E-state index contributed by atoms with van der Waals surface area (Å²) < 4.78 is 28.4. The molecule has 474 valence electrons. The Morgan fingerprint density at radius 3 is 1.15 bits per heavy atom. The minimum Gasteiger partial charge on any atom is -0.456 e. The van der Waals surface area contributed by atoms with E-state index in [-0.39, 0.29) is 0 Å². The second kappa shape index (κ2) is 22.3. The SMILES string of the molecule is c1ccc(-c2nc(-c3cccc4c3oc3c(-c5cccc6c5sc5ccccc56)ccc(-c5ccc(-c6nc(-c7cccc8c7oc7c(-c9cccc%10c9sc9ccccc9%10)cccc78)nc(-c7cccc8c7sc7ccccc78)n6)cc5)c34)nc(-c3cccc4oc5ccccc5c34)n2)cc1. The zero-order valence-electron chi connectivity index (χ0n) is 53.8. The topological polar surface area (TPSA) is 117 Å². The zero-order valence-corrected chi connectivity index (χ0v) is 56.3. The highest BCUT2D eigenvalue weighted by Gasteiger charge is 2.27. The molecule has 0 fully saturated rings. The standard InChI is InChI=1S/C90H48N6O3S3/c1-2-19-50(20-3-1)85-91-87(67-34-18-39-72-76(67)65-24-4-8-38-71(65)97-72)95-89(92-85)69-36-17-33-66-77-52(47-48-59(81(77)99-80(66)69)64-32-15-29-61-54-22-6-10-41-74(54)101-83(61)64)49-43-45-51(46-44-49)86-93-88(96-90(94-86)70-37-16-30-62-55-23-7-11-42-75(55)102-84(62)70)68-35-13-26-57-56-25-12-27-58(78(56)98-79(57)68)63-31-14-28-60-53-21-5-9-40-73(53)100-82(60)63/h1-48H. The second-order valence-electron chi connectivity index (χ2n) is 25.8. The van der Waals surface area contributed by atoms with Crippen LogP contribution >= 0.6 is 34.0 Å². The van der Waals surface area contributed by atoms with Crippen molar-refractivity contribution in [3.8, 4) is 102 Å². The molecule has 12 heteroatoms. The first-order chi connectivity index (χ1) is 50.5. The molecule has 0 unspecified atom stereocenters. The van der Waals surface area contributed by atoms with Crippen LogP contribution < -0.4 is 0 Å². The molecule has 22 rings (SSSR count). The van der Waals surface area contributed by atoms with Crippen molar-refractivity contribution >= 4 is 160 Å². The average Bonchev–Trinajstić information content (AvgIpc) is 1.56. The lowest BCUT2D eigenvalue weighted by molar-refractivity contribution is 0.669. The smallest absolute Gasteiger partial charge is 0.167 e. The molecule has 0 aliphatic carbocycles. The van der Waals surface area contributed by atoms with Crippen molar-refractivity contribution in [1.29, 1.82) is 0 Å². The van der Waals surface area contributed by atoms with E-state index in [4.69, 9.17) is 43.2 Å². The van der Waals surface area contributed by atoms with E-state index in [1.54, 1.807) is 22.7 Å². The van der Waals surface area contributed by atoms with Gasteiger partial charge in [-0.15, -0.1) is 34.0 Å². The molecule has 0 bridgehead atoms. The van der Waals surface area contributed by atoms with E-state index in [1.807, 2.05) is 72.0 Å². The quantitative estimate of drug-likeness (QED) is 0.139. The maximum atomic E-state index is 7.53. The monoisotopic (exact) mass is 1360 g/mol. The number of nitrogens with zero attached hydrogens (tertiary/aromatic N) is 6. The van der Waals surface area contributed by atoms with E-state index in [9.17, 15) is 0 Å². The van der Waals surface area contributed by atoms with Crippen LogP contribution in [0.5, 0.6) is 0 Å². The molecule has 0 aliphatic rings. The number of thiophene rings is 3. The predicted molar refractivity (Wildman–Crippen MR) is 423 cm³/mol. The number of hydrogen-bond acceptors (Lipinski definition) is 12. The molecule has 0 saturated heterocycles. The van der Waals surface area contributed by atoms with Crippen LogP contribution in [0.4, 0.5) is 0 Å². The van der Waals surface area contributed by atoms with Crippen LogP contribution in [0.2, 0.25) is 0 Å². The summed E-state index contributed by atoms with van der Waals surface area (Å²) in [5.74, 6) is 3.16. The lowest BCUT2D eigenvalue weighted by Gasteiger charge is -2.11. The molecule has 0 N–H and O–H groups in total. The number of furan rings is 3. The highest BCUT2D eigenvalue weighted by atomic mass is 32.1. The molecule has 0 atom stereocenters. The van der Waals surface area contributed by atoms with Gasteiger partial charge < -0.3 is 13.3 Å². The number of fused-ring (bicyclic) bond motifs is 18. The van der Waals surface area contributed by atoms with Gasteiger partial charge in [0.25, 0.3) is 0 Å². The lowest BCUT2D eigenvalue weighted by atomic mass is 9.93. The maximum absolute atomic E-state index is 7.53. The van der Waals surface area contributed by atoms with Crippen molar-refractivity contribution in [2.45, 2.75) is 0 Å². The zero-order chi connectivity index (χ0) is 66.7. The summed E-state index contributed by atoms with van der Waals surface area (Å²) in [6.07, 6.45) is 0. The van der Waals surface area contributed by atoms with Crippen LogP contribution in [-0.4, -0.2) is 29.9 Å². The molecule has 0 spiro atoms. The molecule has 8 aromatic heterocycles. The van der Waals surface area contributed by atoms with E-state index < -0.39 is 0 Å². The fourth-order valence-electron chi connectivity index (χ4n) is 15.4. The molecule has 22 aromatic rings. The minimum absolute atomic E-state index is 0.481. The van der Waals surface area contributed by atoms with Gasteiger partial charge in [0.2, 0.25) is 0 Å². The molecule has 9 nitrogen and oxygen atoms in total. The summed E-state index contributed by atoms with van der Waals surface area (Å²) in [5.41, 5.74) is 15.7. The second-order valence-corrected chi connectivity index (χ2v) is 28.9. The lowest BCUT2D eigenvalue weighted by Crippen LogP contribution is -2.00. The molecule has 0 aliphatic heterocycles. The van der Waals surface area contributed by atoms with E-state index in [0.29, 0.717) is 46.1 Å². The molecule has 102 heavy (non-hydrogen) atoms. The van der Waals surface area contributed by atoms with Crippen LogP contribution in [0.15, 0.2) is 304 Å². The van der Waals surface area contributed by atoms with Crippen molar-refractivity contribution in [3.05, 3.63) is 291 Å². The van der Waals surface area contributed by atoms with Gasteiger partial charge in [-0.1, -0.05) is 237 Å². The molecule has 14 aromatic carbocycles. The predicted octanol–water partition coefficient (Wildman–Crippen LogP) is 25.9. The Kier molecular flexibility index (Phi) is 12.5. The summed E-state index contributed by atoms with van der Waals surface area (Å²) in [4.78, 5) is 32.3. The van der Waals surface area contributed by atoms with Crippen LogP contribution in [0, 0.1) is 0 Å². The Hall–Kier alpha value is -12.8. The van der Waals surface area contributed by atoms with Crippen LogP contribution in [0.25, 0.3) is 228 Å². The highest BCUT2D eigenvalue weighted by molar-refractivity contribution is 7.27. The van der Waals surface area contributed by atoms with Gasteiger partial charge in [-0.05, 0) is 65.7 Å². The van der Waals surface area contributed by atoms with E-state index in [2.05, 4.69) is 231 Å². The first-order valence-electron chi connectivity index (χ1n) is 33.8. The van der Waals surface area contributed by atoms with Crippen LogP contribution in [0.3, 0.4) is 0 Å². The third-order valence-corrected chi connectivity index (χ3v) is 23.7.